The number of nitrogens with zero attached hydrogens (tertiary/aromatic N) is 2. The maximum absolute atomic E-state index is 13.4. The summed E-state index contributed by atoms with van der Waals surface area (Å²) in [5, 5.41) is 8.74. The van der Waals surface area contributed by atoms with Crippen molar-refractivity contribution in [2.24, 2.45) is 0 Å². The van der Waals surface area contributed by atoms with Crippen molar-refractivity contribution in [2.45, 2.75) is 12.6 Å². The second-order valence-electron chi connectivity index (χ2n) is 3.96. The van der Waals surface area contributed by atoms with Gasteiger partial charge >= 0.3 is 0 Å². The normalized spacial score (nSPS) is 21.1. The van der Waals surface area contributed by atoms with Gasteiger partial charge in [0, 0.05) is 25.2 Å². The van der Waals surface area contributed by atoms with Gasteiger partial charge < -0.3 is 4.74 Å². The van der Waals surface area contributed by atoms with Crippen LogP contribution in [0.3, 0.4) is 0 Å². The Morgan fingerprint density at radius 3 is 3.06 bits per heavy atom. The molecule has 1 atom stereocenters. The summed E-state index contributed by atoms with van der Waals surface area (Å²) in [6.07, 6.45) is -0.486. The van der Waals surface area contributed by atoms with Crippen LogP contribution in [0.5, 0.6) is 0 Å². The lowest BCUT2D eigenvalue weighted by Crippen LogP contribution is -2.41. The van der Waals surface area contributed by atoms with Crippen LogP contribution < -0.4 is 0 Å². The summed E-state index contributed by atoms with van der Waals surface area (Å²) in [6.45, 7) is 1.78. The molecule has 1 aromatic rings. The third-order valence-corrected chi connectivity index (χ3v) is 2.70. The predicted octanol–water partition coefficient (Wildman–Crippen LogP) is 1.69. The molecule has 1 saturated heterocycles. The molecular weight excluding hydrogens is 226 g/mol. The van der Waals surface area contributed by atoms with Crippen LogP contribution in [-0.2, 0) is 11.3 Å². The van der Waals surface area contributed by atoms with Crippen LogP contribution in [0.15, 0.2) is 18.2 Å². The third kappa shape index (κ3) is 2.99. The number of morpholine rings is 1. The number of halogens is 2. The van der Waals surface area contributed by atoms with Gasteiger partial charge in [0.15, 0.2) is 6.10 Å². The molecule has 0 radical (unpaired) electrons. The Bertz CT molecular complexity index is 445. The first-order valence-electron chi connectivity index (χ1n) is 5.36. The fraction of sp³-hybridized carbons (Fsp3) is 0.417. The van der Waals surface area contributed by atoms with E-state index >= 15 is 0 Å². The van der Waals surface area contributed by atoms with Crippen LogP contribution in [-0.4, -0.2) is 30.7 Å². The first kappa shape index (κ1) is 12.0. The molecule has 90 valence electrons. The van der Waals surface area contributed by atoms with E-state index in [1.807, 2.05) is 11.0 Å². The molecule has 17 heavy (non-hydrogen) atoms. The lowest BCUT2D eigenvalue weighted by Gasteiger charge is -2.29. The highest BCUT2D eigenvalue weighted by Crippen LogP contribution is 2.14. The average Bonchev–Trinajstić information content (AvgIpc) is 2.34. The van der Waals surface area contributed by atoms with Gasteiger partial charge in [-0.15, -0.1) is 0 Å². The maximum Gasteiger partial charge on any atom is 0.156 e. The average molecular weight is 238 g/mol. The van der Waals surface area contributed by atoms with Crippen molar-refractivity contribution in [1.29, 1.82) is 5.26 Å². The van der Waals surface area contributed by atoms with E-state index in [4.69, 9.17) is 10.00 Å². The zero-order chi connectivity index (χ0) is 12.3. The fourth-order valence-electron chi connectivity index (χ4n) is 1.83. The Balaban J connectivity index is 2.05. The molecule has 1 fully saturated rings. The van der Waals surface area contributed by atoms with Gasteiger partial charge in [-0.2, -0.15) is 5.26 Å². The Hall–Kier alpha value is -1.51. The molecule has 1 aliphatic heterocycles. The summed E-state index contributed by atoms with van der Waals surface area (Å²) >= 11 is 0. The number of hydrogen-bond donors (Lipinski definition) is 0. The van der Waals surface area contributed by atoms with E-state index < -0.39 is 17.7 Å². The van der Waals surface area contributed by atoms with Gasteiger partial charge in [0.1, 0.15) is 11.6 Å². The Morgan fingerprint density at radius 1 is 1.47 bits per heavy atom. The van der Waals surface area contributed by atoms with E-state index in [9.17, 15) is 8.78 Å². The molecule has 0 aliphatic carbocycles. The van der Waals surface area contributed by atoms with Gasteiger partial charge in [0.05, 0.1) is 12.7 Å². The molecule has 1 unspecified atom stereocenters. The molecule has 1 aromatic carbocycles. The fourth-order valence-corrected chi connectivity index (χ4v) is 1.83. The molecule has 0 N–H and O–H groups in total. The first-order valence-corrected chi connectivity index (χ1v) is 5.36. The molecule has 3 nitrogen and oxygen atoms in total. The Morgan fingerprint density at radius 2 is 2.29 bits per heavy atom. The zero-order valence-electron chi connectivity index (χ0n) is 9.20. The lowest BCUT2D eigenvalue weighted by atomic mass is 10.1. The van der Waals surface area contributed by atoms with Crippen molar-refractivity contribution in [3.63, 3.8) is 0 Å². The highest BCUT2D eigenvalue weighted by atomic mass is 19.1. The van der Waals surface area contributed by atoms with Crippen molar-refractivity contribution < 1.29 is 13.5 Å². The van der Waals surface area contributed by atoms with Crippen molar-refractivity contribution in [1.82, 2.24) is 4.90 Å². The molecule has 1 aliphatic rings. The molecule has 2 rings (SSSR count). The quantitative estimate of drug-likeness (QED) is 0.786. The Kier molecular flexibility index (Phi) is 3.67. The third-order valence-electron chi connectivity index (χ3n) is 2.70. The van der Waals surface area contributed by atoms with Crippen LogP contribution in [0.1, 0.15) is 5.56 Å². The lowest BCUT2D eigenvalue weighted by molar-refractivity contribution is -0.00307. The molecule has 1 heterocycles. The molecule has 0 amide bonds. The first-order chi connectivity index (χ1) is 8.19. The molecule has 0 aromatic heterocycles. The van der Waals surface area contributed by atoms with Crippen LogP contribution in [0, 0.1) is 23.0 Å². The van der Waals surface area contributed by atoms with Crippen molar-refractivity contribution in [3.8, 4) is 6.07 Å². The van der Waals surface area contributed by atoms with Crippen molar-refractivity contribution in [2.75, 3.05) is 19.7 Å². The van der Waals surface area contributed by atoms with Gasteiger partial charge in [-0.25, -0.2) is 8.78 Å². The van der Waals surface area contributed by atoms with Crippen LogP contribution >= 0.6 is 0 Å². The van der Waals surface area contributed by atoms with E-state index in [1.165, 1.54) is 6.07 Å². The number of ether oxygens (including phenoxy) is 1. The minimum absolute atomic E-state index is 0.297. The van der Waals surface area contributed by atoms with Crippen LogP contribution in [0.25, 0.3) is 0 Å². The van der Waals surface area contributed by atoms with Gasteiger partial charge in [-0.3, -0.25) is 4.90 Å². The summed E-state index contributed by atoms with van der Waals surface area (Å²) in [5.74, 6) is -0.877. The molecule has 0 bridgehead atoms. The largest absolute Gasteiger partial charge is 0.361 e. The maximum atomic E-state index is 13.4. The zero-order valence-corrected chi connectivity index (χ0v) is 9.20. The number of benzene rings is 1. The number of nitriles is 1. The summed E-state index contributed by atoms with van der Waals surface area (Å²) in [4.78, 5) is 1.88. The standard InChI is InChI=1S/C12H12F2N2O/c13-10-1-2-12(14)9(5-10)7-16-3-4-17-11(6-15)8-16/h1-2,5,11H,3-4,7-8H2. The second-order valence-corrected chi connectivity index (χ2v) is 3.96. The SMILES string of the molecule is N#CC1CN(Cc2cc(F)ccc2F)CCO1. The van der Waals surface area contributed by atoms with E-state index in [0.717, 1.165) is 12.1 Å². The van der Waals surface area contributed by atoms with Crippen molar-refractivity contribution >= 4 is 0 Å². The molecule has 5 heteroatoms. The number of rotatable bonds is 2. The van der Waals surface area contributed by atoms with E-state index in [-0.39, 0.29) is 0 Å². The van der Waals surface area contributed by atoms with Gasteiger partial charge in [-0.05, 0) is 18.2 Å². The van der Waals surface area contributed by atoms with Crippen molar-refractivity contribution in [3.05, 3.63) is 35.4 Å². The summed E-state index contributed by atoms with van der Waals surface area (Å²) in [6, 6.07) is 5.41. The molecule has 0 spiro atoms. The van der Waals surface area contributed by atoms with E-state index in [1.54, 1.807) is 0 Å². The minimum atomic E-state index is -0.486. The van der Waals surface area contributed by atoms with E-state index in [0.29, 0.717) is 31.8 Å². The monoisotopic (exact) mass is 238 g/mol. The molecular formula is C12H12F2N2O. The minimum Gasteiger partial charge on any atom is -0.361 e. The van der Waals surface area contributed by atoms with E-state index in [2.05, 4.69) is 0 Å². The second kappa shape index (κ2) is 5.21. The van der Waals surface area contributed by atoms with Gasteiger partial charge in [0.2, 0.25) is 0 Å². The number of hydrogen-bond acceptors (Lipinski definition) is 3. The highest BCUT2D eigenvalue weighted by Gasteiger charge is 2.20. The topological polar surface area (TPSA) is 36.3 Å². The van der Waals surface area contributed by atoms with Gasteiger partial charge in [0.25, 0.3) is 0 Å². The van der Waals surface area contributed by atoms with Crippen LogP contribution in [0.4, 0.5) is 8.78 Å². The highest BCUT2D eigenvalue weighted by molar-refractivity contribution is 5.18. The van der Waals surface area contributed by atoms with Crippen LogP contribution in [0.2, 0.25) is 0 Å². The molecule has 0 saturated carbocycles. The summed E-state index contributed by atoms with van der Waals surface area (Å²) in [5.41, 5.74) is 0.309. The summed E-state index contributed by atoms with van der Waals surface area (Å²) in [7, 11) is 0. The van der Waals surface area contributed by atoms with Gasteiger partial charge in [-0.1, -0.05) is 0 Å². The Labute approximate surface area is 98.2 Å². The summed E-state index contributed by atoms with van der Waals surface area (Å²) < 4.78 is 31.6. The predicted molar refractivity (Wildman–Crippen MR) is 57.0 cm³/mol. The smallest absolute Gasteiger partial charge is 0.156 e.